The molecule has 0 aliphatic carbocycles. The molecular weight excluding hydrogens is 256 g/mol. The third-order valence-electron chi connectivity index (χ3n) is 1.92. The molecule has 0 aliphatic rings. The molecule has 2 rings (SSSR count). The number of halogens is 1. The molecule has 0 spiro atoms. The molecule has 0 fully saturated rings. The van der Waals surface area contributed by atoms with E-state index >= 15 is 0 Å². The second-order valence-corrected chi connectivity index (χ2v) is 3.84. The molecule has 15 heavy (non-hydrogen) atoms. The summed E-state index contributed by atoms with van der Waals surface area (Å²) in [5.41, 5.74) is 0.947. The van der Waals surface area contributed by atoms with Gasteiger partial charge >= 0.3 is 0 Å². The Morgan fingerprint density at radius 1 is 1.20 bits per heavy atom. The number of anilines is 1. The second-order valence-electron chi connectivity index (χ2n) is 2.92. The van der Waals surface area contributed by atoms with Crippen LogP contribution in [0.1, 0.15) is 0 Å². The lowest BCUT2D eigenvalue weighted by atomic mass is 10.2. The van der Waals surface area contributed by atoms with E-state index in [-0.39, 0.29) is 0 Å². The molecule has 0 bridgehead atoms. The monoisotopic (exact) mass is 264 g/mol. The lowest BCUT2D eigenvalue weighted by molar-refractivity contribution is 0.981. The molecule has 0 saturated carbocycles. The molecule has 1 heterocycles. The first kappa shape index (κ1) is 10.0. The molecule has 0 saturated heterocycles. The van der Waals surface area contributed by atoms with Crippen molar-refractivity contribution in [3.8, 4) is 11.4 Å². The number of rotatable bonds is 2. The summed E-state index contributed by atoms with van der Waals surface area (Å²) in [5.74, 6) is 1.33. The van der Waals surface area contributed by atoms with E-state index in [1.54, 1.807) is 13.2 Å². The number of nitrogens with zero attached hydrogens (tertiary/aromatic N) is 3. The van der Waals surface area contributed by atoms with Gasteiger partial charge in [-0.1, -0.05) is 28.1 Å². The zero-order chi connectivity index (χ0) is 10.7. The summed E-state index contributed by atoms with van der Waals surface area (Å²) in [6.45, 7) is 0. The van der Waals surface area contributed by atoms with E-state index in [1.807, 2.05) is 24.3 Å². The molecule has 0 amide bonds. The summed E-state index contributed by atoms with van der Waals surface area (Å²) in [5, 5.41) is 10.8. The standard InChI is InChI=1S/C10H9BrN4/c1-12-9-6-13-15-10(14-9)7-2-4-8(11)5-3-7/h2-6H,1H3,(H,12,14,15). The Bertz CT molecular complexity index is 455. The van der Waals surface area contributed by atoms with Gasteiger partial charge in [0.25, 0.3) is 0 Å². The summed E-state index contributed by atoms with van der Waals surface area (Å²) < 4.78 is 1.03. The lowest BCUT2D eigenvalue weighted by Gasteiger charge is -2.01. The van der Waals surface area contributed by atoms with Crippen LogP contribution in [0.5, 0.6) is 0 Å². The molecule has 1 aromatic heterocycles. The maximum Gasteiger partial charge on any atom is 0.183 e. The predicted octanol–water partition coefficient (Wildman–Crippen LogP) is 2.34. The minimum Gasteiger partial charge on any atom is -0.372 e. The maximum absolute atomic E-state index is 4.29. The van der Waals surface area contributed by atoms with Crippen molar-refractivity contribution >= 4 is 21.7 Å². The highest BCUT2D eigenvalue weighted by Crippen LogP contribution is 2.18. The van der Waals surface area contributed by atoms with E-state index in [0.29, 0.717) is 11.6 Å². The fourth-order valence-corrected chi connectivity index (χ4v) is 1.41. The average molecular weight is 265 g/mol. The number of benzene rings is 1. The fraction of sp³-hybridized carbons (Fsp3) is 0.100. The van der Waals surface area contributed by atoms with Crippen LogP contribution in [0.2, 0.25) is 0 Å². The highest BCUT2D eigenvalue weighted by Gasteiger charge is 2.02. The van der Waals surface area contributed by atoms with E-state index < -0.39 is 0 Å². The van der Waals surface area contributed by atoms with Gasteiger partial charge < -0.3 is 5.32 Å². The summed E-state index contributed by atoms with van der Waals surface area (Å²) in [4.78, 5) is 4.29. The van der Waals surface area contributed by atoms with E-state index in [1.165, 1.54) is 0 Å². The maximum atomic E-state index is 4.29. The van der Waals surface area contributed by atoms with Gasteiger partial charge in [-0.2, -0.15) is 5.10 Å². The van der Waals surface area contributed by atoms with Gasteiger partial charge in [0.05, 0.1) is 6.20 Å². The molecule has 76 valence electrons. The van der Waals surface area contributed by atoms with Crippen LogP contribution in [0, 0.1) is 0 Å². The second kappa shape index (κ2) is 4.35. The minimum atomic E-state index is 0.620. The Kier molecular flexibility index (Phi) is 2.91. The van der Waals surface area contributed by atoms with Crippen molar-refractivity contribution in [1.82, 2.24) is 15.2 Å². The Labute approximate surface area is 95.9 Å². The number of nitrogens with one attached hydrogen (secondary N) is 1. The topological polar surface area (TPSA) is 50.7 Å². The highest BCUT2D eigenvalue weighted by atomic mass is 79.9. The summed E-state index contributed by atoms with van der Waals surface area (Å²) in [7, 11) is 1.80. The molecule has 0 aliphatic heterocycles. The zero-order valence-corrected chi connectivity index (χ0v) is 9.69. The van der Waals surface area contributed by atoms with E-state index in [0.717, 1.165) is 10.0 Å². The summed E-state index contributed by atoms with van der Waals surface area (Å²) >= 11 is 3.38. The van der Waals surface area contributed by atoms with Crippen molar-refractivity contribution in [3.05, 3.63) is 34.9 Å². The first-order valence-corrected chi connectivity index (χ1v) is 5.22. The van der Waals surface area contributed by atoms with Gasteiger partial charge in [-0.25, -0.2) is 4.98 Å². The van der Waals surface area contributed by atoms with Crippen LogP contribution >= 0.6 is 15.9 Å². The Balaban J connectivity index is 2.40. The Morgan fingerprint density at radius 3 is 2.60 bits per heavy atom. The number of hydrogen-bond donors (Lipinski definition) is 1. The van der Waals surface area contributed by atoms with Crippen molar-refractivity contribution in [2.75, 3.05) is 12.4 Å². The van der Waals surface area contributed by atoms with Gasteiger partial charge in [-0.15, -0.1) is 5.10 Å². The minimum absolute atomic E-state index is 0.620. The smallest absolute Gasteiger partial charge is 0.183 e. The third-order valence-corrected chi connectivity index (χ3v) is 2.45. The van der Waals surface area contributed by atoms with Crippen molar-refractivity contribution in [2.24, 2.45) is 0 Å². The van der Waals surface area contributed by atoms with Gasteiger partial charge in [0, 0.05) is 17.1 Å². The quantitative estimate of drug-likeness (QED) is 0.905. The van der Waals surface area contributed by atoms with Crippen molar-refractivity contribution < 1.29 is 0 Å². The van der Waals surface area contributed by atoms with Gasteiger partial charge in [-0.05, 0) is 12.1 Å². The molecule has 1 N–H and O–H groups in total. The van der Waals surface area contributed by atoms with E-state index in [9.17, 15) is 0 Å². The van der Waals surface area contributed by atoms with Crippen molar-refractivity contribution in [3.63, 3.8) is 0 Å². The summed E-state index contributed by atoms with van der Waals surface area (Å²) in [6.07, 6.45) is 1.59. The Hall–Kier alpha value is -1.49. The first-order chi connectivity index (χ1) is 7.29. The third kappa shape index (κ3) is 2.30. The van der Waals surface area contributed by atoms with Crippen molar-refractivity contribution in [1.29, 1.82) is 0 Å². The lowest BCUT2D eigenvalue weighted by Crippen LogP contribution is -1.98. The largest absolute Gasteiger partial charge is 0.372 e. The van der Waals surface area contributed by atoms with Gasteiger partial charge in [0.15, 0.2) is 5.82 Å². The molecule has 4 nitrogen and oxygen atoms in total. The molecule has 1 aromatic carbocycles. The Morgan fingerprint density at radius 2 is 1.93 bits per heavy atom. The average Bonchev–Trinajstić information content (AvgIpc) is 2.30. The molecule has 0 atom stereocenters. The molecule has 5 heteroatoms. The number of hydrogen-bond acceptors (Lipinski definition) is 4. The predicted molar refractivity (Wildman–Crippen MR) is 62.5 cm³/mol. The van der Waals surface area contributed by atoms with Crippen LogP contribution in [0.3, 0.4) is 0 Å². The van der Waals surface area contributed by atoms with Gasteiger partial charge in [-0.3, -0.25) is 0 Å². The van der Waals surface area contributed by atoms with Crippen LogP contribution in [-0.2, 0) is 0 Å². The molecular formula is C10H9BrN4. The first-order valence-electron chi connectivity index (χ1n) is 4.43. The SMILES string of the molecule is CNc1cnnc(-c2ccc(Br)cc2)n1. The van der Waals surface area contributed by atoms with Crippen LogP contribution in [0.4, 0.5) is 5.82 Å². The molecule has 0 unspecified atom stereocenters. The van der Waals surface area contributed by atoms with Gasteiger partial charge in [0.1, 0.15) is 5.82 Å². The zero-order valence-electron chi connectivity index (χ0n) is 8.11. The molecule has 0 radical (unpaired) electrons. The van der Waals surface area contributed by atoms with E-state index in [4.69, 9.17) is 0 Å². The highest BCUT2D eigenvalue weighted by molar-refractivity contribution is 9.10. The van der Waals surface area contributed by atoms with Crippen LogP contribution in [0.15, 0.2) is 34.9 Å². The van der Waals surface area contributed by atoms with Crippen LogP contribution in [0.25, 0.3) is 11.4 Å². The molecule has 2 aromatic rings. The van der Waals surface area contributed by atoms with Gasteiger partial charge in [0.2, 0.25) is 0 Å². The van der Waals surface area contributed by atoms with Crippen molar-refractivity contribution in [2.45, 2.75) is 0 Å². The normalized spacial score (nSPS) is 10.0. The van der Waals surface area contributed by atoms with E-state index in [2.05, 4.69) is 36.4 Å². The van der Waals surface area contributed by atoms with Crippen LogP contribution < -0.4 is 5.32 Å². The number of aromatic nitrogens is 3. The van der Waals surface area contributed by atoms with Crippen LogP contribution in [-0.4, -0.2) is 22.2 Å². The summed E-state index contributed by atoms with van der Waals surface area (Å²) in [6, 6.07) is 7.79. The fourth-order valence-electron chi connectivity index (χ4n) is 1.15.